The van der Waals surface area contributed by atoms with E-state index in [0.29, 0.717) is 38.3 Å². The van der Waals surface area contributed by atoms with Gasteiger partial charge in [0.2, 0.25) is 23.6 Å². The maximum atomic E-state index is 14.2. The number of aliphatic hydroxyl groups is 1. The minimum Gasteiger partial charge on any atom is -0.750 e. The second kappa shape index (κ2) is 22.9. The van der Waals surface area contributed by atoms with Gasteiger partial charge in [-0.05, 0) is 69.4 Å². The number of morpholine rings is 1. The number of carbonyl (C=O) groups excluding carboxylic acids is 5. The summed E-state index contributed by atoms with van der Waals surface area (Å²) in [5.74, 6) is -3.36. The predicted octanol–water partition coefficient (Wildman–Crippen LogP) is 2.13. The average Bonchev–Trinajstić information content (AvgIpc) is 3.15. The van der Waals surface area contributed by atoms with E-state index in [-0.39, 0.29) is 50.0 Å². The Morgan fingerprint density at radius 1 is 0.759 bits per heavy atom. The second-order valence-electron chi connectivity index (χ2n) is 16.4. The first-order valence-electron chi connectivity index (χ1n) is 19.9. The third-order valence-corrected chi connectivity index (χ3v) is 10.8. The molecule has 1 heterocycles. The van der Waals surface area contributed by atoms with Gasteiger partial charge in [0.05, 0.1) is 37.2 Å². The molecule has 4 amide bonds. The molecule has 0 radical (unpaired) electrons. The van der Waals surface area contributed by atoms with Crippen LogP contribution in [0, 0.1) is 11.8 Å². The van der Waals surface area contributed by atoms with E-state index in [1.54, 1.807) is 30.3 Å². The highest BCUT2D eigenvalue weighted by Gasteiger charge is 2.50. The minimum atomic E-state index is -3.06. The molecule has 15 nitrogen and oxygen atoms in total. The summed E-state index contributed by atoms with van der Waals surface area (Å²) in [7, 11) is 0. The zero-order valence-electron chi connectivity index (χ0n) is 34.8. The van der Waals surface area contributed by atoms with Gasteiger partial charge >= 0.3 is 0 Å². The van der Waals surface area contributed by atoms with Crippen LogP contribution in [0.2, 0.25) is 0 Å². The summed E-state index contributed by atoms with van der Waals surface area (Å²) in [6.45, 7) is 13.3. The highest BCUT2D eigenvalue weighted by Crippen LogP contribution is 2.30. The lowest BCUT2D eigenvalue weighted by atomic mass is 9.79. The molecule has 58 heavy (non-hydrogen) atoms. The lowest BCUT2D eigenvalue weighted by molar-refractivity contribution is -0.159. The van der Waals surface area contributed by atoms with Crippen molar-refractivity contribution in [1.29, 1.82) is 0 Å². The van der Waals surface area contributed by atoms with Crippen LogP contribution >= 0.6 is 0 Å². The number of ketones is 1. The molecule has 1 aliphatic heterocycles. The Kier molecular flexibility index (Phi) is 19.1. The molecule has 1 aliphatic rings. The number of nitrogens with zero attached hydrogens (tertiary/aromatic N) is 1. The number of hydrogen-bond acceptors (Lipinski definition) is 11. The molecule has 6 atom stereocenters. The number of benzene rings is 2. The normalized spacial score (nSPS) is 17.3. The van der Waals surface area contributed by atoms with Crippen LogP contribution in [0.15, 0.2) is 60.7 Å². The van der Waals surface area contributed by atoms with Crippen molar-refractivity contribution in [3.8, 4) is 0 Å². The van der Waals surface area contributed by atoms with Crippen LogP contribution in [-0.2, 0) is 57.1 Å². The van der Waals surface area contributed by atoms with E-state index in [1.807, 2.05) is 62.9 Å². The smallest absolute Gasteiger partial charge is 0.243 e. The van der Waals surface area contributed by atoms with Crippen LogP contribution in [0.25, 0.3) is 0 Å². The molecule has 2 aromatic rings. The van der Waals surface area contributed by atoms with E-state index in [4.69, 9.17) is 8.92 Å². The lowest BCUT2D eigenvalue weighted by Crippen LogP contribution is -2.63. The van der Waals surface area contributed by atoms with Crippen molar-refractivity contribution in [2.45, 2.75) is 116 Å². The molecule has 1 fully saturated rings. The van der Waals surface area contributed by atoms with Gasteiger partial charge in [-0.25, -0.2) is 4.21 Å². The van der Waals surface area contributed by atoms with Gasteiger partial charge in [-0.2, -0.15) is 0 Å². The van der Waals surface area contributed by atoms with Crippen LogP contribution in [0.5, 0.6) is 0 Å². The lowest BCUT2D eigenvalue weighted by Gasteiger charge is -2.40. The molecule has 322 valence electrons. The summed E-state index contributed by atoms with van der Waals surface area (Å²) in [5, 5.41) is 22.6. The van der Waals surface area contributed by atoms with E-state index in [2.05, 4.69) is 21.3 Å². The topological polar surface area (TPSA) is 216 Å². The number of aryl methyl sites for hydroxylation is 1. The van der Waals surface area contributed by atoms with Gasteiger partial charge in [0.15, 0.2) is 11.4 Å². The Morgan fingerprint density at radius 3 is 1.79 bits per heavy atom. The summed E-state index contributed by atoms with van der Waals surface area (Å²) < 4.78 is 33.1. The monoisotopic (exact) mass is 828 g/mol. The molecule has 0 saturated carbocycles. The van der Waals surface area contributed by atoms with Gasteiger partial charge in [-0.1, -0.05) is 88.4 Å². The first-order chi connectivity index (χ1) is 27.3. The third kappa shape index (κ3) is 15.6. The van der Waals surface area contributed by atoms with E-state index >= 15 is 0 Å². The Bertz CT molecular complexity index is 1670. The molecule has 1 saturated heterocycles. The van der Waals surface area contributed by atoms with Gasteiger partial charge in [0.1, 0.15) is 23.7 Å². The molecule has 0 aliphatic carbocycles. The number of hydrogen-bond donors (Lipinski definition) is 5. The van der Waals surface area contributed by atoms with Crippen molar-refractivity contribution in [3.05, 3.63) is 71.8 Å². The predicted molar refractivity (Wildman–Crippen MR) is 219 cm³/mol. The first kappa shape index (κ1) is 48.3. The highest BCUT2D eigenvalue weighted by molar-refractivity contribution is 7.74. The molecule has 0 aromatic heterocycles. The Labute approximate surface area is 345 Å². The Morgan fingerprint density at radius 2 is 1.24 bits per heavy atom. The van der Waals surface area contributed by atoms with Crippen molar-refractivity contribution < 1.29 is 46.8 Å². The van der Waals surface area contributed by atoms with Gasteiger partial charge in [-0.15, -0.1) is 0 Å². The van der Waals surface area contributed by atoms with Crippen molar-refractivity contribution in [3.63, 3.8) is 0 Å². The molecule has 0 spiro atoms. The molecule has 16 heteroatoms. The van der Waals surface area contributed by atoms with Crippen molar-refractivity contribution in [2.75, 3.05) is 32.8 Å². The number of Topliss-reactive ketones (excluding diaryl/α,β-unsaturated/α-hetero) is 1. The number of amides is 4. The van der Waals surface area contributed by atoms with Crippen LogP contribution in [-0.4, -0.2) is 116 Å². The third-order valence-electron chi connectivity index (χ3n) is 10.2. The fourth-order valence-electron chi connectivity index (χ4n) is 6.60. The molecule has 3 rings (SSSR count). The van der Waals surface area contributed by atoms with Gasteiger partial charge in [0.25, 0.3) is 0 Å². The molecular formula is C42H62N5O10S-. The summed E-state index contributed by atoms with van der Waals surface area (Å²) in [6.07, 6.45) is 1.05. The molecule has 2 aromatic carbocycles. The van der Waals surface area contributed by atoms with Crippen molar-refractivity contribution in [1.82, 2.24) is 26.2 Å². The second-order valence-corrected chi connectivity index (χ2v) is 17.0. The largest absolute Gasteiger partial charge is 0.750 e. The van der Waals surface area contributed by atoms with E-state index < -0.39 is 70.2 Å². The number of nitrogens with one attached hydrogen (secondary N) is 4. The molecule has 0 bridgehead atoms. The summed E-state index contributed by atoms with van der Waals surface area (Å²) in [4.78, 5) is 71.5. The Hall–Kier alpha value is -4.06. The van der Waals surface area contributed by atoms with E-state index in [9.17, 15) is 37.8 Å². The van der Waals surface area contributed by atoms with Crippen molar-refractivity contribution >= 4 is 40.8 Å². The van der Waals surface area contributed by atoms with Gasteiger partial charge in [-0.3, -0.25) is 33.1 Å². The number of carbonyl (C=O) groups is 5. The van der Waals surface area contributed by atoms with Crippen LogP contribution in [0.1, 0.15) is 78.9 Å². The average molecular weight is 829 g/mol. The fourth-order valence-corrected chi connectivity index (χ4v) is 7.10. The van der Waals surface area contributed by atoms with Gasteiger partial charge < -0.3 is 35.7 Å². The zero-order chi connectivity index (χ0) is 43.0. The summed E-state index contributed by atoms with van der Waals surface area (Å²) in [5.41, 5.74) is -2.58. The summed E-state index contributed by atoms with van der Waals surface area (Å²) >= 11 is -3.06. The van der Waals surface area contributed by atoms with Crippen LogP contribution in [0.3, 0.4) is 0 Å². The quantitative estimate of drug-likeness (QED) is 0.102. The van der Waals surface area contributed by atoms with E-state index in [1.165, 1.54) is 13.8 Å². The summed E-state index contributed by atoms with van der Waals surface area (Å²) in [6, 6.07) is 13.8. The van der Waals surface area contributed by atoms with Gasteiger partial charge in [0, 0.05) is 19.5 Å². The van der Waals surface area contributed by atoms with Crippen LogP contribution < -0.4 is 21.3 Å². The maximum Gasteiger partial charge on any atom is 0.243 e. The minimum absolute atomic E-state index is 0.0147. The Balaban J connectivity index is 1.88. The molecular weight excluding hydrogens is 767 g/mol. The van der Waals surface area contributed by atoms with Crippen LogP contribution in [0.4, 0.5) is 0 Å². The standard InChI is InChI=1S/C42H63N5O10S/c1-28(2)24-33(37(49)42(7,53)41(5,6)57-58(54)55)44-40(52)35(26-31-16-12-9-13-17-31)46-39(51)34(25-29(3)4)45-38(50)32(19-18-30-14-10-8-11-15-30)43-36(48)27-47-20-22-56-23-21-47/h8-17,28-29,32-35,53H,18-27H2,1-7H3,(H,43,48)(H,44,52)(H,45,50)(H,46,51)(H,54,55)/p-1/t32-,33-,34-,35-,42-/m0/s1. The molecule has 1 unspecified atom stereocenters. The maximum absolute atomic E-state index is 14.2. The number of ether oxygens (including phenoxy) is 1. The highest BCUT2D eigenvalue weighted by atomic mass is 32.2. The zero-order valence-corrected chi connectivity index (χ0v) is 35.6. The SMILES string of the molecule is CC(C)C[C@H](NC(=O)[C@H](CCc1ccccc1)NC(=O)CN1CCOCC1)C(=O)N[C@@H](Cc1ccccc1)C(=O)N[C@@H](CC(C)C)C(=O)[C@](C)(O)C(C)(C)OS(=O)[O-]. The molecule has 5 N–H and O–H groups in total. The van der Waals surface area contributed by atoms with Crippen molar-refractivity contribution in [2.24, 2.45) is 11.8 Å². The number of rotatable bonds is 23. The first-order valence-corrected chi connectivity index (χ1v) is 20.9. The van der Waals surface area contributed by atoms with E-state index in [0.717, 1.165) is 12.5 Å². The fraction of sp³-hybridized carbons (Fsp3) is 0.595.